The monoisotopic (exact) mass is 306 g/mol. The van der Waals surface area contributed by atoms with Crippen molar-refractivity contribution < 1.29 is 27.5 Å². The molecule has 0 fully saturated rings. The molecule has 0 aliphatic heterocycles. The second kappa shape index (κ2) is 6.19. The number of ether oxygens (including phenoxy) is 2. The number of hydrogen-bond acceptors (Lipinski definition) is 6. The number of sulfone groups is 1. The summed E-state index contributed by atoms with van der Waals surface area (Å²) >= 11 is 0. The molecule has 21 heavy (non-hydrogen) atoms. The maximum Gasteiger partial charge on any atom is 0.298 e. The Morgan fingerprint density at radius 2 is 1.00 bits per heavy atom. The fourth-order valence-electron chi connectivity index (χ4n) is 1.64. The maximum absolute atomic E-state index is 12.4. The summed E-state index contributed by atoms with van der Waals surface area (Å²) in [5, 5.41) is 0. The van der Waals surface area contributed by atoms with Gasteiger partial charge in [0.05, 0.1) is 9.79 Å². The Morgan fingerprint density at radius 3 is 1.29 bits per heavy atom. The molecule has 0 radical (unpaired) electrons. The van der Waals surface area contributed by atoms with E-state index in [0.29, 0.717) is 0 Å². The van der Waals surface area contributed by atoms with Gasteiger partial charge in [-0.2, -0.15) is 0 Å². The van der Waals surface area contributed by atoms with E-state index in [1.54, 1.807) is 0 Å². The number of rotatable bonds is 6. The minimum Gasteiger partial charge on any atom is -0.429 e. The number of carbonyl (C=O) groups is 2. The van der Waals surface area contributed by atoms with Gasteiger partial charge in [0.2, 0.25) is 9.84 Å². The fourth-order valence-corrected chi connectivity index (χ4v) is 2.90. The van der Waals surface area contributed by atoms with Crippen molar-refractivity contribution in [3.8, 4) is 11.5 Å². The lowest BCUT2D eigenvalue weighted by atomic mass is 10.3. The van der Waals surface area contributed by atoms with Crippen LogP contribution in [0.4, 0.5) is 0 Å². The molecule has 0 amide bonds. The lowest BCUT2D eigenvalue weighted by Crippen LogP contribution is -2.02. The summed E-state index contributed by atoms with van der Waals surface area (Å²) in [6.07, 6.45) is 0. The summed E-state index contributed by atoms with van der Waals surface area (Å²) in [7, 11) is -3.69. The van der Waals surface area contributed by atoms with Crippen LogP contribution >= 0.6 is 0 Å². The molecule has 0 heterocycles. The molecule has 0 saturated heterocycles. The van der Waals surface area contributed by atoms with E-state index in [1.807, 2.05) is 0 Å². The molecule has 0 spiro atoms. The van der Waals surface area contributed by atoms with Gasteiger partial charge in [-0.25, -0.2) is 8.42 Å². The summed E-state index contributed by atoms with van der Waals surface area (Å²) in [6.45, 7) is 0.518. The van der Waals surface area contributed by atoms with Crippen LogP contribution in [0.5, 0.6) is 11.5 Å². The molecule has 108 valence electrons. The van der Waals surface area contributed by atoms with E-state index in [2.05, 4.69) is 9.47 Å². The largest absolute Gasteiger partial charge is 0.429 e. The van der Waals surface area contributed by atoms with E-state index in [1.165, 1.54) is 48.5 Å². The first-order chi connectivity index (χ1) is 10.1. The number of carbonyl (C=O) groups excluding carboxylic acids is 2. The SMILES string of the molecule is O=COc1ccc(S(=O)(=O)c2ccc(OC=O)cc2)cc1. The van der Waals surface area contributed by atoms with E-state index in [0.717, 1.165) is 0 Å². The zero-order valence-electron chi connectivity index (χ0n) is 10.6. The predicted molar refractivity (Wildman–Crippen MR) is 71.7 cm³/mol. The standard InChI is InChI=1S/C14H10O6S/c15-9-19-11-1-5-13(6-2-11)21(17,18)14-7-3-12(4-8-14)20-10-16/h1-10H. The van der Waals surface area contributed by atoms with Gasteiger partial charge in [-0.1, -0.05) is 0 Å². The molecular formula is C14H10O6S. The van der Waals surface area contributed by atoms with Crippen molar-refractivity contribution in [2.75, 3.05) is 0 Å². The predicted octanol–water partition coefficient (Wildman–Crippen LogP) is 1.59. The molecular weight excluding hydrogens is 296 g/mol. The summed E-state index contributed by atoms with van der Waals surface area (Å²) < 4.78 is 33.9. The van der Waals surface area contributed by atoms with Crippen LogP contribution in [0.2, 0.25) is 0 Å². The maximum atomic E-state index is 12.4. The van der Waals surface area contributed by atoms with Crippen LogP contribution in [-0.4, -0.2) is 21.4 Å². The average molecular weight is 306 g/mol. The first-order valence-electron chi connectivity index (χ1n) is 5.74. The highest BCUT2D eigenvalue weighted by Gasteiger charge is 2.17. The van der Waals surface area contributed by atoms with Crippen LogP contribution in [-0.2, 0) is 19.4 Å². The van der Waals surface area contributed by atoms with Gasteiger partial charge in [0.1, 0.15) is 11.5 Å². The van der Waals surface area contributed by atoms with Crippen molar-refractivity contribution >= 4 is 22.8 Å². The summed E-state index contributed by atoms with van der Waals surface area (Å²) in [5.41, 5.74) is 0. The molecule has 0 aliphatic carbocycles. The molecule has 0 aliphatic rings. The van der Waals surface area contributed by atoms with E-state index in [9.17, 15) is 18.0 Å². The number of benzene rings is 2. The van der Waals surface area contributed by atoms with Crippen molar-refractivity contribution in [1.82, 2.24) is 0 Å². The molecule has 2 rings (SSSR count). The highest BCUT2D eigenvalue weighted by Crippen LogP contribution is 2.24. The molecule has 2 aromatic rings. The van der Waals surface area contributed by atoms with Crippen molar-refractivity contribution in [3.05, 3.63) is 48.5 Å². The van der Waals surface area contributed by atoms with Gasteiger partial charge in [0.15, 0.2) is 0 Å². The highest BCUT2D eigenvalue weighted by molar-refractivity contribution is 7.91. The van der Waals surface area contributed by atoms with Crippen LogP contribution in [0.3, 0.4) is 0 Å². The van der Waals surface area contributed by atoms with Crippen molar-refractivity contribution in [2.24, 2.45) is 0 Å². The van der Waals surface area contributed by atoms with Crippen LogP contribution in [0.15, 0.2) is 58.3 Å². The Morgan fingerprint density at radius 1 is 0.667 bits per heavy atom. The lowest BCUT2D eigenvalue weighted by Gasteiger charge is -2.06. The molecule has 0 aromatic heterocycles. The van der Waals surface area contributed by atoms with Gasteiger partial charge >= 0.3 is 0 Å². The molecule has 0 atom stereocenters. The Kier molecular flexibility index (Phi) is 4.34. The van der Waals surface area contributed by atoms with Crippen molar-refractivity contribution in [2.45, 2.75) is 9.79 Å². The second-order valence-corrected chi connectivity index (χ2v) is 5.82. The van der Waals surface area contributed by atoms with Crippen molar-refractivity contribution in [3.63, 3.8) is 0 Å². The van der Waals surface area contributed by atoms with E-state index < -0.39 is 9.84 Å². The first-order valence-corrected chi connectivity index (χ1v) is 7.22. The third-order valence-corrected chi connectivity index (χ3v) is 4.42. The summed E-state index contributed by atoms with van der Waals surface area (Å²) in [5.74, 6) is 0.498. The van der Waals surface area contributed by atoms with Crippen LogP contribution in [0.1, 0.15) is 0 Å². The minimum atomic E-state index is -3.69. The molecule has 0 unspecified atom stereocenters. The summed E-state index contributed by atoms with van der Waals surface area (Å²) in [4.78, 5) is 20.5. The highest BCUT2D eigenvalue weighted by atomic mass is 32.2. The zero-order chi connectivity index (χ0) is 15.3. The zero-order valence-corrected chi connectivity index (χ0v) is 11.4. The third kappa shape index (κ3) is 3.26. The van der Waals surface area contributed by atoms with E-state index in [-0.39, 0.29) is 34.2 Å². The molecule has 0 N–H and O–H groups in total. The van der Waals surface area contributed by atoms with Gasteiger partial charge < -0.3 is 9.47 Å². The van der Waals surface area contributed by atoms with Crippen LogP contribution in [0.25, 0.3) is 0 Å². The molecule has 0 bridgehead atoms. The van der Waals surface area contributed by atoms with Gasteiger partial charge in [-0.05, 0) is 48.5 Å². The normalized spacial score (nSPS) is 10.7. The topological polar surface area (TPSA) is 86.7 Å². The van der Waals surface area contributed by atoms with Crippen LogP contribution < -0.4 is 9.47 Å². The van der Waals surface area contributed by atoms with Gasteiger partial charge in [0.25, 0.3) is 12.9 Å². The van der Waals surface area contributed by atoms with E-state index >= 15 is 0 Å². The third-order valence-electron chi connectivity index (χ3n) is 2.64. The quantitative estimate of drug-likeness (QED) is 0.753. The van der Waals surface area contributed by atoms with Crippen LogP contribution in [0, 0.1) is 0 Å². The average Bonchev–Trinajstić information content (AvgIpc) is 2.49. The molecule has 2 aromatic carbocycles. The Balaban J connectivity index is 2.32. The molecule has 6 nitrogen and oxygen atoms in total. The minimum absolute atomic E-state index is 0.0600. The second-order valence-electron chi connectivity index (χ2n) is 3.87. The Hall–Kier alpha value is -2.67. The van der Waals surface area contributed by atoms with E-state index in [4.69, 9.17) is 0 Å². The first kappa shape index (κ1) is 14.7. The van der Waals surface area contributed by atoms with Crippen molar-refractivity contribution in [1.29, 1.82) is 0 Å². The fraction of sp³-hybridized carbons (Fsp3) is 0. The van der Waals surface area contributed by atoms with Gasteiger partial charge in [-0.3, -0.25) is 9.59 Å². The number of hydrogen-bond donors (Lipinski definition) is 0. The summed E-state index contributed by atoms with van der Waals surface area (Å²) in [6, 6.07) is 10.9. The molecule has 0 saturated carbocycles. The van der Waals surface area contributed by atoms with Gasteiger partial charge in [-0.15, -0.1) is 0 Å². The Bertz CT molecular complexity index is 673. The Labute approximate surface area is 120 Å². The van der Waals surface area contributed by atoms with Gasteiger partial charge in [0, 0.05) is 0 Å². The molecule has 7 heteroatoms. The smallest absolute Gasteiger partial charge is 0.298 e. The lowest BCUT2D eigenvalue weighted by molar-refractivity contribution is -0.121.